The molecule has 0 spiro atoms. The number of nitrogens with zero attached hydrogens (tertiary/aromatic N) is 2. The number of amides is 1. The molecule has 1 N–H and O–H groups in total. The lowest BCUT2D eigenvalue weighted by Crippen LogP contribution is -2.35. The molecule has 0 unspecified atom stereocenters. The number of hydrogen-bond donors (Lipinski definition) is 1. The Hall–Kier alpha value is -2.59. The lowest BCUT2D eigenvalue weighted by molar-refractivity contribution is -0.123. The monoisotopic (exact) mass is 365 g/mol. The summed E-state index contributed by atoms with van der Waals surface area (Å²) in [6, 6.07) is 17.6. The van der Waals surface area contributed by atoms with Crippen LogP contribution in [0.3, 0.4) is 0 Å². The smallest absolute Gasteiger partial charge is 0.230 e. The van der Waals surface area contributed by atoms with Crippen LogP contribution in [-0.4, -0.2) is 22.2 Å². The van der Waals surface area contributed by atoms with Gasteiger partial charge in [-0.1, -0.05) is 41.9 Å². The second-order valence-corrected chi connectivity index (χ2v) is 7.16. The molecule has 4 nitrogen and oxygen atoms in total. The van der Waals surface area contributed by atoms with Crippen LogP contribution >= 0.6 is 11.6 Å². The van der Waals surface area contributed by atoms with E-state index in [0.29, 0.717) is 11.6 Å². The summed E-state index contributed by atoms with van der Waals surface area (Å²) in [5.41, 5.74) is 2.82. The Morgan fingerprint density at radius 3 is 2.54 bits per heavy atom. The first-order chi connectivity index (χ1) is 12.7. The van der Waals surface area contributed by atoms with Crippen molar-refractivity contribution in [1.29, 1.82) is 0 Å². The average molecular weight is 366 g/mol. The molecule has 1 saturated carbocycles. The Balaban J connectivity index is 1.34. The van der Waals surface area contributed by atoms with Crippen LogP contribution in [0, 0.1) is 0 Å². The largest absolute Gasteiger partial charge is 0.355 e. The summed E-state index contributed by atoms with van der Waals surface area (Å²) in [6.45, 7) is 0.606. The van der Waals surface area contributed by atoms with Crippen molar-refractivity contribution in [3.05, 3.63) is 83.1 Å². The van der Waals surface area contributed by atoms with Gasteiger partial charge in [-0.05, 0) is 54.7 Å². The van der Waals surface area contributed by atoms with E-state index in [0.717, 1.165) is 36.1 Å². The van der Waals surface area contributed by atoms with Gasteiger partial charge >= 0.3 is 0 Å². The fourth-order valence-corrected chi connectivity index (χ4v) is 3.37. The molecule has 0 atom stereocenters. The van der Waals surface area contributed by atoms with Gasteiger partial charge < -0.3 is 5.32 Å². The molecule has 1 aliphatic carbocycles. The molecule has 0 bridgehead atoms. The molecule has 1 fully saturated rings. The minimum Gasteiger partial charge on any atom is -0.355 e. The predicted molar refractivity (Wildman–Crippen MR) is 103 cm³/mol. The highest BCUT2D eigenvalue weighted by molar-refractivity contribution is 6.30. The fourth-order valence-electron chi connectivity index (χ4n) is 3.24. The predicted octanol–water partition coefficient (Wildman–Crippen LogP) is 3.92. The van der Waals surface area contributed by atoms with E-state index in [1.807, 2.05) is 71.7 Å². The van der Waals surface area contributed by atoms with E-state index >= 15 is 0 Å². The van der Waals surface area contributed by atoms with Crippen molar-refractivity contribution in [2.45, 2.75) is 24.7 Å². The summed E-state index contributed by atoms with van der Waals surface area (Å²) in [4.78, 5) is 12.7. The van der Waals surface area contributed by atoms with E-state index in [9.17, 15) is 4.79 Å². The number of benzene rings is 2. The Bertz CT molecular complexity index is 899. The zero-order valence-corrected chi connectivity index (χ0v) is 15.1. The Morgan fingerprint density at radius 1 is 1.12 bits per heavy atom. The van der Waals surface area contributed by atoms with Gasteiger partial charge in [0.1, 0.15) is 0 Å². The summed E-state index contributed by atoms with van der Waals surface area (Å²) in [7, 11) is 0. The standard InChI is InChI=1S/C21H20ClN3O/c22-18-8-6-17(7-9-18)21(11-12-21)20(26)23-13-10-16-14-24-25(15-16)19-4-2-1-3-5-19/h1-9,14-15H,10-13H2,(H,23,26). The van der Waals surface area contributed by atoms with Crippen LogP contribution in [0.5, 0.6) is 0 Å². The van der Waals surface area contributed by atoms with Gasteiger partial charge in [0.05, 0.1) is 17.3 Å². The molecule has 2 aromatic carbocycles. The summed E-state index contributed by atoms with van der Waals surface area (Å²) < 4.78 is 1.85. The molecule has 26 heavy (non-hydrogen) atoms. The van der Waals surface area contributed by atoms with Crippen molar-refractivity contribution in [3.8, 4) is 5.69 Å². The molecule has 1 aliphatic rings. The third-order valence-corrected chi connectivity index (χ3v) is 5.19. The first-order valence-electron chi connectivity index (χ1n) is 8.81. The average Bonchev–Trinajstić information content (AvgIpc) is 3.35. The number of hydrogen-bond acceptors (Lipinski definition) is 2. The molecule has 5 heteroatoms. The number of carbonyl (C=O) groups is 1. The van der Waals surface area contributed by atoms with Crippen LogP contribution in [0.4, 0.5) is 0 Å². The lowest BCUT2D eigenvalue weighted by Gasteiger charge is -2.15. The topological polar surface area (TPSA) is 46.9 Å². The number of nitrogens with one attached hydrogen (secondary N) is 1. The normalized spacial score (nSPS) is 14.8. The molecule has 132 valence electrons. The highest BCUT2D eigenvalue weighted by Crippen LogP contribution is 2.48. The maximum absolute atomic E-state index is 12.7. The van der Waals surface area contributed by atoms with Crippen LogP contribution in [0.25, 0.3) is 5.69 Å². The zero-order valence-electron chi connectivity index (χ0n) is 14.4. The molecule has 0 radical (unpaired) electrons. The van der Waals surface area contributed by atoms with Gasteiger partial charge in [-0.25, -0.2) is 4.68 Å². The highest BCUT2D eigenvalue weighted by Gasteiger charge is 2.50. The van der Waals surface area contributed by atoms with E-state index < -0.39 is 0 Å². The maximum Gasteiger partial charge on any atom is 0.230 e. The van der Waals surface area contributed by atoms with Gasteiger partial charge in [0, 0.05) is 17.8 Å². The van der Waals surface area contributed by atoms with Crippen molar-refractivity contribution in [2.24, 2.45) is 0 Å². The van der Waals surface area contributed by atoms with Gasteiger partial charge in [0.15, 0.2) is 0 Å². The number of para-hydroxylation sites is 1. The van der Waals surface area contributed by atoms with Gasteiger partial charge in [0.2, 0.25) is 5.91 Å². The van der Waals surface area contributed by atoms with Crippen LogP contribution in [0.1, 0.15) is 24.0 Å². The number of rotatable bonds is 6. The van der Waals surface area contributed by atoms with Gasteiger partial charge in [-0.2, -0.15) is 5.10 Å². The van der Waals surface area contributed by atoms with E-state index in [-0.39, 0.29) is 11.3 Å². The number of aromatic nitrogens is 2. The Labute approximate surface area is 157 Å². The van der Waals surface area contributed by atoms with E-state index in [1.54, 1.807) is 0 Å². The van der Waals surface area contributed by atoms with Gasteiger partial charge in [-0.3, -0.25) is 4.79 Å². The maximum atomic E-state index is 12.7. The molecule has 0 aliphatic heterocycles. The Kier molecular flexibility index (Phi) is 4.51. The van der Waals surface area contributed by atoms with Crippen LogP contribution in [0.2, 0.25) is 5.02 Å². The minimum atomic E-state index is -0.362. The SMILES string of the molecule is O=C(NCCc1cnn(-c2ccccc2)c1)C1(c2ccc(Cl)cc2)CC1. The lowest BCUT2D eigenvalue weighted by atomic mass is 9.95. The number of halogens is 1. The third kappa shape index (κ3) is 3.37. The van der Waals surface area contributed by atoms with Gasteiger partial charge in [0.25, 0.3) is 0 Å². The van der Waals surface area contributed by atoms with Crippen molar-refractivity contribution in [2.75, 3.05) is 6.54 Å². The van der Waals surface area contributed by atoms with Crippen molar-refractivity contribution in [1.82, 2.24) is 15.1 Å². The molecular weight excluding hydrogens is 346 g/mol. The van der Waals surface area contributed by atoms with Crippen LogP contribution in [-0.2, 0) is 16.6 Å². The van der Waals surface area contributed by atoms with Crippen molar-refractivity contribution >= 4 is 17.5 Å². The van der Waals surface area contributed by atoms with Crippen LogP contribution < -0.4 is 5.32 Å². The first kappa shape index (κ1) is 16.9. The summed E-state index contributed by atoms with van der Waals surface area (Å²) in [5, 5.41) is 8.17. The number of carbonyl (C=O) groups excluding carboxylic acids is 1. The second-order valence-electron chi connectivity index (χ2n) is 6.72. The molecule has 1 heterocycles. The van der Waals surface area contributed by atoms with Gasteiger partial charge in [-0.15, -0.1) is 0 Å². The molecule has 1 amide bonds. The van der Waals surface area contributed by atoms with E-state index in [1.165, 1.54) is 0 Å². The summed E-state index contributed by atoms with van der Waals surface area (Å²) in [5.74, 6) is 0.107. The molecule has 1 aromatic heterocycles. The zero-order chi connectivity index (χ0) is 18.0. The Morgan fingerprint density at radius 2 is 1.85 bits per heavy atom. The highest BCUT2D eigenvalue weighted by atomic mass is 35.5. The second kappa shape index (κ2) is 6.96. The summed E-state index contributed by atoms with van der Waals surface area (Å²) in [6.07, 6.45) is 6.41. The quantitative estimate of drug-likeness (QED) is 0.719. The van der Waals surface area contributed by atoms with Crippen LogP contribution in [0.15, 0.2) is 67.0 Å². The van der Waals surface area contributed by atoms with E-state index in [4.69, 9.17) is 11.6 Å². The molecule has 4 rings (SSSR count). The third-order valence-electron chi connectivity index (χ3n) is 4.94. The minimum absolute atomic E-state index is 0.107. The fraction of sp³-hybridized carbons (Fsp3) is 0.238. The first-order valence-corrected chi connectivity index (χ1v) is 9.18. The summed E-state index contributed by atoms with van der Waals surface area (Å²) >= 11 is 5.95. The van der Waals surface area contributed by atoms with Crippen molar-refractivity contribution in [3.63, 3.8) is 0 Å². The molecular formula is C21H20ClN3O. The van der Waals surface area contributed by atoms with E-state index in [2.05, 4.69) is 10.4 Å². The molecule has 3 aromatic rings. The molecule has 0 saturated heterocycles. The van der Waals surface area contributed by atoms with Crippen molar-refractivity contribution < 1.29 is 4.79 Å².